The van der Waals surface area contributed by atoms with Gasteiger partial charge in [-0.3, -0.25) is 4.79 Å². The van der Waals surface area contributed by atoms with Crippen molar-refractivity contribution >= 4 is 11.8 Å². The van der Waals surface area contributed by atoms with E-state index < -0.39 is 29.3 Å². The van der Waals surface area contributed by atoms with E-state index in [9.17, 15) is 22.8 Å². The quantitative estimate of drug-likeness (QED) is 0.596. The number of Topliss-reactive ketones (excluding diaryl/α,β-unsaturated/α-hetero) is 1. The van der Waals surface area contributed by atoms with Crippen molar-refractivity contribution in [3.05, 3.63) is 35.1 Å². The van der Waals surface area contributed by atoms with Gasteiger partial charge in [0, 0.05) is 6.42 Å². The number of rotatable bonds is 6. The summed E-state index contributed by atoms with van der Waals surface area (Å²) >= 11 is 0. The maximum Gasteiger partial charge on any atom is 0.313 e. The van der Waals surface area contributed by atoms with E-state index >= 15 is 0 Å². The summed E-state index contributed by atoms with van der Waals surface area (Å²) < 4.78 is 44.2. The smallest absolute Gasteiger partial charge is 0.313 e. The maximum absolute atomic E-state index is 13.2. The highest BCUT2D eigenvalue weighted by molar-refractivity contribution is 5.80. The molecule has 0 N–H and O–H groups in total. The largest absolute Gasteiger partial charge is 0.466 e. The van der Waals surface area contributed by atoms with E-state index in [1.54, 1.807) is 6.92 Å². The van der Waals surface area contributed by atoms with Crippen LogP contribution in [-0.2, 0) is 14.3 Å². The van der Waals surface area contributed by atoms with Gasteiger partial charge in [-0.1, -0.05) is 0 Å². The molecule has 6 heteroatoms. The molecule has 110 valence electrons. The first kappa shape index (κ1) is 16.2. The van der Waals surface area contributed by atoms with E-state index in [0.29, 0.717) is 0 Å². The van der Waals surface area contributed by atoms with Crippen molar-refractivity contribution < 1.29 is 27.5 Å². The normalized spacial score (nSPS) is 12.1. The standard InChI is InChI=1S/C14H15F3O3/c1-3-20-14(19)10(5-4-8(2)18)9-6-11(15)13(17)12(16)7-9/h6-7,10H,3-5H2,1-2H3. The molecule has 0 saturated heterocycles. The number of ketones is 1. The lowest BCUT2D eigenvalue weighted by Gasteiger charge is -2.15. The molecule has 0 bridgehead atoms. The van der Waals surface area contributed by atoms with Crippen molar-refractivity contribution in [1.29, 1.82) is 0 Å². The summed E-state index contributed by atoms with van der Waals surface area (Å²) in [6.07, 6.45) is 0.114. The van der Waals surface area contributed by atoms with Crippen LogP contribution < -0.4 is 0 Å². The zero-order chi connectivity index (χ0) is 15.3. The fraction of sp³-hybridized carbons (Fsp3) is 0.429. The van der Waals surface area contributed by atoms with Gasteiger partial charge in [0.2, 0.25) is 0 Å². The monoisotopic (exact) mass is 288 g/mol. The van der Waals surface area contributed by atoms with Crippen molar-refractivity contribution in [3.8, 4) is 0 Å². The Hall–Kier alpha value is -1.85. The summed E-state index contributed by atoms with van der Waals surface area (Å²) in [6, 6.07) is 1.50. The van der Waals surface area contributed by atoms with Crippen LogP contribution in [0.4, 0.5) is 13.2 Å². The van der Waals surface area contributed by atoms with Gasteiger partial charge in [-0.2, -0.15) is 0 Å². The molecule has 1 atom stereocenters. The predicted octanol–water partition coefficient (Wildman–Crippen LogP) is 3.12. The molecule has 0 aromatic heterocycles. The molecule has 0 spiro atoms. The second kappa shape index (κ2) is 7.07. The summed E-state index contributed by atoms with van der Waals surface area (Å²) in [4.78, 5) is 22.8. The highest BCUT2D eigenvalue weighted by Gasteiger charge is 2.25. The Morgan fingerprint density at radius 1 is 1.20 bits per heavy atom. The highest BCUT2D eigenvalue weighted by atomic mass is 19.2. The summed E-state index contributed by atoms with van der Waals surface area (Å²) in [7, 11) is 0. The molecular weight excluding hydrogens is 273 g/mol. The molecule has 20 heavy (non-hydrogen) atoms. The van der Waals surface area contributed by atoms with Crippen LogP contribution in [0.15, 0.2) is 12.1 Å². The average Bonchev–Trinajstić information content (AvgIpc) is 2.36. The predicted molar refractivity (Wildman–Crippen MR) is 65.6 cm³/mol. The number of hydrogen-bond acceptors (Lipinski definition) is 3. The third-order valence-electron chi connectivity index (χ3n) is 2.76. The molecule has 1 aromatic carbocycles. The third-order valence-corrected chi connectivity index (χ3v) is 2.76. The average molecular weight is 288 g/mol. The molecule has 0 radical (unpaired) electrons. The van der Waals surface area contributed by atoms with E-state index in [0.717, 1.165) is 12.1 Å². The number of halogens is 3. The molecule has 0 fully saturated rings. The minimum absolute atomic E-state index is 0.0406. The molecule has 0 heterocycles. The second-order valence-electron chi connectivity index (χ2n) is 4.34. The van der Waals surface area contributed by atoms with Gasteiger partial charge < -0.3 is 9.53 Å². The molecule has 0 aliphatic carbocycles. The van der Waals surface area contributed by atoms with Gasteiger partial charge in [0.25, 0.3) is 0 Å². The second-order valence-corrected chi connectivity index (χ2v) is 4.34. The van der Waals surface area contributed by atoms with Crippen LogP contribution in [0.5, 0.6) is 0 Å². The Bertz CT molecular complexity index is 491. The van der Waals surface area contributed by atoms with Crippen LogP contribution in [-0.4, -0.2) is 18.4 Å². The van der Waals surface area contributed by atoms with Crippen LogP contribution in [0.2, 0.25) is 0 Å². The maximum atomic E-state index is 13.2. The first-order chi connectivity index (χ1) is 9.36. The third kappa shape index (κ3) is 4.08. The zero-order valence-electron chi connectivity index (χ0n) is 11.2. The number of ether oxygens (including phenoxy) is 1. The van der Waals surface area contributed by atoms with E-state index in [4.69, 9.17) is 4.74 Å². The van der Waals surface area contributed by atoms with Gasteiger partial charge >= 0.3 is 5.97 Å². The van der Waals surface area contributed by atoms with Crippen molar-refractivity contribution in [3.63, 3.8) is 0 Å². The van der Waals surface area contributed by atoms with Crippen LogP contribution in [0.25, 0.3) is 0 Å². The van der Waals surface area contributed by atoms with E-state index in [1.165, 1.54) is 6.92 Å². The Kier molecular flexibility index (Phi) is 5.73. The van der Waals surface area contributed by atoms with Crippen molar-refractivity contribution in [2.75, 3.05) is 6.61 Å². The van der Waals surface area contributed by atoms with Gasteiger partial charge in [0.05, 0.1) is 12.5 Å². The molecule has 0 saturated carbocycles. The first-order valence-electron chi connectivity index (χ1n) is 6.17. The van der Waals surface area contributed by atoms with Gasteiger partial charge in [-0.15, -0.1) is 0 Å². The lowest BCUT2D eigenvalue weighted by atomic mass is 9.93. The number of carbonyl (C=O) groups is 2. The molecule has 1 unspecified atom stereocenters. The zero-order valence-corrected chi connectivity index (χ0v) is 11.2. The topological polar surface area (TPSA) is 43.4 Å². The molecule has 0 aliphatic heterocycles. The SMILES string of the molecule is CCOC(=O)C(CCC(C)=O)c1cc(F)c(F)c(F)c1. The molecular formula is C14H15F3O3. The Morgan fingerprint density at radius 2 is 1.75 bits per heavy atom. The van der Waals surface area contributed by atoms with Crippen molar-refractivity contribution in [1.82, 2.24) is 0 Å². The Balaban J connectivity index is 3.09. The lowest BCUT2D eigenvalue weighted by molar-refractivity contribution is -0.145. The molecule has 0 amide bonds. The molecule has 3 nitrogen and oxygen atoms in total. The molecule has 0 aliphatic rings. The van der Waals surface area contributed by atoms with Crippen LogP contribution >= 0.6 is 0 Å². The van der Waals surface area contributed by atoms with Crippen LogP contribution in [0.1, 0.15) is 38.2 Å². The fourth-order valence-electron chi connectivity index (χ4n) is 1.79. The van der Waals surface area contributed by atoms with Gasteiger partial charge in [0.15, 0.2) is 17.5 Å². The first-order valence-corrected chi connectivity index (χ1v) is 6.17. The number of benzene rings is 1. The summed E-state index contributed by atoms with van der Waals surface area (Å²) in [5.41, 5.74) is -0.0406. The Labute approximate surface area is 114 Å². The van der Waals surface area contributed by atoms with Crippen molar-refractivity contribution in [2.24, 2.45) is 0 Å². The number of hydrogen-bond donors (Lipinski definition) is 0. The van der Waals surface area contributed by atoms with Gasteiger partial charge in [-0.05, 0) is 38.0 Å². The Morgan fingerprint density at radius 3 is 2.20 bits per heavy atom. The lowest BCUT2D eigenvalue weighted by Crippen LogP contribution is -2.17. The van der Waals surface area contributed by atoms with Gasteiger partial charge in [0.1, 0.15) is 5.78 Å². The fourth-order valence-corrected chi connectivity index (χ4v) is 1.79. The van der Waals surface area contributed by atoms with Crippen LogP contribution in [0.3, 0.4) is 0 Å². The molecule has 1 rings (SSSR count). The summed E-state index contributed by atoms with van der Waals surface area (Å²) in [5, 5.41) is 0. The van der Waals surface area contributed by atoms with Crippen molar-refractivity contribution in [2.45, 2.75) is 32.6 Å². The highest BCUT2D eigenvalue weighted by Crippen LogP contribution is 2.26. The minimum atomic E-state index is -1.59. The van der Waals surface area contributed by atoms with E-state index in [2.05, 4.69) is 0 Å². The minimum Gasteiger partial charge on any atom is -0.466 e. The summed E-state index contributed by atoms with van der Waals surface area (Å²) in [5.74, 6) is -6.21. The van der Waals surface area contributed by atoms with Crippen LogP contribution in [0, 0.1) is 17.5 Å². The number of carbonyl (C=O) groups excluding carboxylic acids is 2. The van der Waals surface area contributed by atoms with Gasteiger partial charge in [-0.25, -0.2) is 13.2 Å². The van der Waals surface area contributed by atoms with E-state index in [1.807, 2.05) is 0 Å². The molecule has 1 aromatic rings. The van der Waals surface area contributed by atoms with E-state index in [-0.39, 0.29) is 30.8 Å². The summed E-state index contributed by atoms with van der Waals surface area (Å²) in [6.45, 7) is 3.03. The number of esters is 1.